The molecule has 0 saturated heterocycles. The van der Waals surface area contributed by atoms with E-state index in [2.05, 4.69) is 10.1 Å². The lowest BCUT2D eigenvalue weighted by molar-refractivity contribution is -0.143. The molecular formula is C13H19FN2O2. The first-order valence-corrected chi connectivity index (χ1v) is 5.80. The van der Waals surface area contributed by atoms with Gasteiger partial charge in [0.1, 0.15) is 11.9 Å². The standard InChI is InChI=1S/C13H19FN2O2/c1-15-12(13(17)18-3)7-8-16(2)11-6-4-5-10(14)9-11/h4-6,9,12,15H,7-8H2,1-3H3. The third-order valence-electron chi connectivity index (χ3n) is 2.84. The van der Waals surface area contributed by atoms with E-state index in [-0.39, 0.29) is 17.8 Å². The van der Waals surface area contributed by atoms with Gasteiger partial charge in [-0.2, -0.15) is 0 Å². The fraction of sp³-hybridized carbons (Fsp3) is 0.462. The van der Waals surface area contributed by atoms with Crippen LogP contribution in [0.25, 0.3) is 0 Å². The van der Waals surface area contributed by atoms with Crippen molar-refractivity contribution in [3.8, 4) is 0 Å². The molecule has 4 nitrogen and oxygen atoms in total. The zero-order chi connectivity index (χ0) is 13.5. The molecular weight excluding hydrogens is 235 g/mol. The van der Waals surface area contributed by atoms with Crippen molar-refractivity contribution in [3.63, 3.8) is 0 Å². The van der Waals surface area contributed by atoms with E-state index in [1.807, 2.05) is 18.0 Å². The maximum atomic E-state index is 13.1. The molecule has 0 fully saturated rings. The molecule has 100 valence electrons. The van der Waals surface area contributed by atoms with Gasteiger partial charge in [-0.25, -0.2) is 4.39 Å². The largest absolute Gasteiger partial charge is 0.468 e. The molecule has 0 aliphatic rings. The minimum Gasteiger partial charge on any atom is -0.468 e. The van der Waals surface area contributed by atoms with Crippen LogP contribution in [0, 0.1) is 5.82 Å². The van der Waals surface area contributed by atoms with Gasteiger partial charge in [0.2, 0.25) is 0 Å². The summed E-state index contributed by atoms with van der Waals surface area (Å²) in [4.78, 5) is 13.3. The van der Waals surface area contributed by atoms with Gasteiger partial charge in [0, 0.05) is 19.3 Å². The Labute approximate surface area is 107 Å². The summed E-state index contributed by atoms with van der Waals surface area (Å²) >= 11 is 0. The predicted octanol–water partition coefficient (Wildman–Crippen LogP) is 1.41. The van der Waals surface area contributed by atoms with Crippen molar-refractivity contribution in [1.82, 2.24) is 5.32 Å². The van der Waals surface area contributed by atoms with Crippen molar-refractivity contribution >= 4 is 11.7 Å². The van der Waals surface area contributed by atoms with Gasteiger partial charge in [-0.1, -0.05) is 6.07 Å². The highest BCUT2D eigenvalue weighted by Crippen LogP contribution is 2.14. The van der Waals surface area contributed by atoms with E-state index in [1.165, 1.54) is 19.2 Å². The first kappa shape index (κ1) is 14.4. The van der Waals surface area contributed by atoms with E-state index in [4.69, 9.17) is 0 Å². The van der Waals surface area contributed by atoms with Crippen LogP contribution in [0.2, 0.25) is 0 Å². The maximum absolute atomic E-state index is 13.1. The Bertz CT molecular complexity index is 398. The molecule has 0 spiro atoms. The van der Waals surface area contributed by atoms with Crippen molar-refractivity contribution < 1.29 is 13.9 Å². The zero-order valence-corrected chi connectivity index (χ0v) is 10.9. The number of nitrogens with one attached hydrogen (secondary N) is 1. The van der Waals surface area contributed by atoms with E-state index < -0.39 is 0 Å². The first-order valence-electron chi connectivity index (χ1n) is 5.80. The lowest BCUT2D eigenvalue weighted by Crippen LogP contribution is -2.38. The fourth-order valence-corrected chi connectivity index (χ4v) is 1.69. The lowest BCUT2D eigenvalue weighted by Gasteiger charge is -2.22. The molecule has 1 atom stereocenters. The summed E-state index contributed by atoms with van der Waals surface area (Å²) in [5, 5.41) is 2.90. The number of halogens is 1. The Morgan fingerprint density at radius 3 is 2.83 bits per heavy atom. The summed E-state index contributed by atoms with van der Waals surface area (Å²) in [5.41, 5.74) is 0.787. The summed E-state index contributed by atoms with van der Waals surface area (Å²) in [6.45, 7) is 0.629. The second-order valence-corrected chi connectivity index (χ2v) is 4.05. The molecule has 5 heteroatoms. The fourth-order valence-electron chi connectivity index (χ4n) is 1.69. The second-order valence-electron chi connectivity index (χ2n) is 4.05. The quantitative estimate of drug-likeness (QED) is 0.779. The Morgan fingerprint density at radius 2 is 2.28 bits per heavy atom. The van der Waals surface area contributed by atoms with Gasteiger partial charge in [-0.05, 0) is 31.7 Å². The Kier molecular flexibility index (Phi) is 5.58. The second kappa shape index (κ2) is 6.96. The van der Waals surface area contributed by atoms with Crippen molar-refractivity contribution in [3.05, 3.63) is 30.1 Å². The van der Waals surface area contributed by atoms with Gasteiger partial charge in [0.25, 0.3) is 0 Å². The zero-order valence-electron chi connectivity index (χ0n) is 10.9. The molecule has 0 saturated carbocycles. The average molecular weight is 254 g/mol. The van der Waals surface area contributed by atoms with Crippen molar-refractivity contribution in [2.75, 3.05) is 32.6 Å². The van der Waals surface area contributed by atoms with Crippen LogP contribution in [0.5, 0.6) is 0 Å². The van der Waals surface area contributed by atoms with Crippen molar-refractivity contribution in [2.45, 2.75) is 12.5 Å². The number of methoxy groups -OCH3 is 1. The third kappa shape index (κ3) is 4.00. The minimum absolute atomic E-state index is 0.266. The van der Waals surface area contributed by atoms with Gasteiger partial charge in [-0.15, -0.1) is 0 Å². The van der Waals surface area contributed by atoms with E-state index in [0.29, 0.717) is 13.0 Å². The first-order chi connectivity index (χ1) is 8.58. The smallest absolute Gasteiger partial charge is 0.322 e. The van der Waals surface area contributed by atoms with Crippen LogP contribution in [-0.2, 0) is 9.53 Å². The van der Waals surface area contributed by atoms with Crippen LogP contribution in [0.4, 0.5) is 10.1 Å². The number of carbonyl (C=O) groups excluding carboxylic acids is 1. The molecule has 1 aromatic rings. The Balaban J connectivity index is 2.54. The summed E-state index contributed by atoms with van der Waals surface area (Å²) in [6, 6.07) is 6.02. The molecule has 0 radical (unpaired) electrons. The molecule has 0 bridgehead atoms. The minimum atomic E-state index is -0.342. The van der Waals surface area contributed by atoms with E-state index in [0.717, 1.165) is 5.69 Å². The number of likely N-dealkylation sites (N-methyl/N-ethyl adjacent to an activating group) is 1. The lowest BCUT2D eigenvalue weighted by atomic mass is 10.2. The number of hydrogen-bond acceptors (Lipinski definition) is 4. The van der Waals surface area contributed by atoms with Crippen LogP contribution < -0.4 is 10.2 Å². The molecule has 18 heavy (non-hydrogen) atoms. The van der Waals surface area contributed by atoms with E-state index in [9.17, 15) is 9.18 Å². The maximum Gasteiger partial charge on any atom is 0.322 e. The summed E-state index contributed by atoms with van der Waals surface area (Å²) in [5.74, 6) is -0.553. The van der Waals surface area contributed by atoms with Crippen LogP contribution >= 0.6 is 0 Å². The number of benzene rings is 1. The monoisotopic (exact) mass is 254 g/mol. The Hall–Kier alpha value is -1.62. The number of nitrogens with zero attached hydrogens (tertiary/aromatic N) is 1. The number of ether oxygens (including phenoxy) is 1. The third-order valence-corrected chi connectivity index (χ3v) is 2.84. The van der Waals surface area contributed by atoms with E-state index in [1.54, 1.807) is 13.1 Å². The molecule has 0 heterocycles. The molecule has 0 aliphatic carbocycles. The van der Waals surface area contributed by atoms with Crippen LogP contribution in [-0.4, -0.2) is 39.8 Å². The van der Waals surface area contributed by atoms with Crippen LogP contribution in [0.15, 0.2) is 24.3 Å². The SMILES string of the molecule is CNC(CCN(C)c1cccc(F)c1)C(=O)OC. The highest BCUT2D eigenvalue weighted by atomic mass is 19.1. The molecule has 0 aliphatic heterocycles. The van der Waals surface area contributed by atoms with Gasteiger partial charge in [0.15, 0.2) is 0 Å². The van der Waals surface area contributed by atoms with Gasteiger partial charge >= 0.3 is 5.97 Å². The topological polar surface area (TPSA) is 41.6 Å². The summed E-state index contributed by atoms with van der Waals surface area (Å²) < 4.78 is 17.7. The number of carbonyl (C=O) groups is 1. The summed E-state index contributed by atoms with van der Waals surface area (Å²) in [6.07, 6.45) is 0.593. The molecule has 1 unspecified atom stereocenters. The highest BCUT2D eigenvalue weighted by molar-refractivity contribution is 5.75. The predicted molar refractivity (Wildman–Crippen MR) is 69.2 cm³/mol. The normalized spacial score (nSPS) is 12.0. The summed E-state index contributed by atoms with van der Waals surface area (Å²) in [7, 11) is 4.94. The van der Waals surface area contributed by atoms with Gasteiger partial charge < -0.3 is 15.0 Å². The molecule has 1 rings (SSSR count). The number of hydrogen-bond donors (Lipinski definition) is 1. The highest BCUT2D eigenvalue weighted by Gasteiger charge is 2.17. The Morgan fingerprint density at radius 1 is 1.56 bits per heavy atom. The van der Waals surface area contributed by atoms with Gasteiger partial charge in [0.05, 0.1) is 7.11 Å². The number of esters is 1. The average Bonchev–Trinajstić information content (AvgIpc) is 2.38. The molecule has 0 amide bonds. The van der Waals surface area contributed by atoms with Crippen LogP contribution in [0.3, 0.4) is 0 Å². The van der Waals surface area contributed by atoms with Crippen molar-refractivity contribution in [1.29, 1.82) is 0 Å². The van der Waals surface area contributed by atoms with Crippen molar-refractivity contribution in [2.24, 2.45) is 0 Å². The molecule has 0 aromatic heterocycles. The molecule has 1 N–H and O–H groups in total. The van der Waals surface area contributed by atoms with Gasteiger partial charge in [-0.3, -0.25) is 4.79 Å². The van der Waals surface area contributed by atoms with E-state index >= 15 is 0 Å². The molecule has 1 aromatic carbocycles. The number of anilines is 1. The van der Waals surface area contributed by atoms with Crippen LogP contribution in [0.1, 0.15) is 6.42 Å². The number of rotatable bonds is 6.